The number of rotatable bonds is 15. The van der Waals surface area contributed by atoms with Crippen LogP contribution in [0.1, 0.15) is 46.0 Å². The molecule has 0 aromatic heterocycles. The van der Waals surface area contributed by atoms with Gasteiger partial charge in [-0.3, -0.25) is 0 Å². The molecule has 0 radical (unpaired) electrons. The smallest absolute Gasteiger partial charge is 0.0104 e. The Bertz CT molecular complexity index is 233. The quantitative estimate of drug-likeness (QED) is 0.501. The first kappa shape index (κ1) is 21.8. The third-order valence-corrected chi connectivity index (χ3v) is 4.32. The fraction of sp³-hybridized carbons (Fsp3) is 1.00. The molecule has 0 amide bonds. The SMILES string of the molecule is CCCCN(C)CCC(CC)NCCN(C)CCCN(C)C. The maximum absolute atomic E-state index is 3.73. The molecule has 0 aromatic rings. The van der Waals surface area contributed by atoms with Crippen LogP contribution in [0.15, 0.2) is 0 Å². The molecule has 0 aliphatic rings. The highest BCUT2D eigenvalue weighted by atomic mass is 15.1. The van der Waals surface area contributed by atoms with Crippen molar-refractivity contribution in [1.82, 2.24) is 20.0 Å². The maximum atomic E-state index is 3.73. The van der Waals surface area contributed by atoms with Crippen LogP contribution in [0, 0.1) is 0 Å². The van der Waals surface area contributed by atoms with Crippen molar-refractivity contribution in [2.24, 2.45) is 0 Å². The third-order valence-electron chi connectivity index (χ3n) is 4.32. The van der Waals surface area contributed by atoms with E-state index in [-0.39, 0.29) is 0 Å². The highest BCUT2D eigenvalue weighted by Crippen LogP contribution is 2.01. The Morgan fingerprint density at radius 3 is 2.00 bits per heavy atom. The van der Waals surface area contributed by atoms with Gasteiger partial charge in [0.2, 0.25) is 0 Å². The Morgan fingerprint density at radius 2 is 1.41 bits per heavy atom. The largest absolute Gasteiger partial charge is 0.313 e. The molecule has 0 bridgehead atoms. The molecular weight excluding hydrogens is 272 g/mol. The molecule has 134 valence electrons. The van der Waals surface area contributed by atoms with Crippen LogP contribution in [0.3, 0.4) is 0 Å². The van der Waals surface area contributed by atoms with E-state index in [1.807, 2.05) is 0 Å². The van der Waals surface area contributed by atoms with Crippen molar-refractivity contribution in [2.75, 3.05) is 67.5 Å². The summed E-state index contributed by atoms with van der Waals surface area (Å²) in [5.41, 5.74) is 0. The number of hydrogen-bond acceptors (Lipinski definition) is 4. The zero-order valence-corrected chi connectivity index (χ0v) is 16.2. The van der Waals surface area contributed by atoms with Gasteiger partial charge in [-0.1, -0.05) is 20.3 Å². The van der Waals surface area contributed by atoms with Gasteiger partial charge in [-0.25, -0.2) is 0 Å². The summed E-state index contributed by atoms with van der Waals surface area (Å²) in [6.07, 6.45) is 6.36. The molecule has 4 heteroatoms. The minimum absolute atomic E-state index is 0.666. The van der Waals surface area contributed by atoms with Crippen molar-refractivity contribution in [2.45, 2.75) is 52.0 Å². The predicted molar refractivity (Wildman–Crippen MR) is 99.8 cm³/mol. The molecule has 1 atom stereocenters. The zero-order chi connectivity index (χ0) is 16.8. The molecule has 0 saturated carbocycles. The van der Waals surface area contributed by atoms with E-state index >= 15 is 0 Å². The van der Waals surface area contributed by atoms with Crippen LogP contribution >= 0.6 is 0 Å². The molecule has 0 fully saturated rings. The van der Waals surface area contributed by atoms with Gasteiger partial charge in [-0.2, -0.15) is 0 Å². The average molecular weight is 315 g/mol. The Labute approximate surface area is 140 Å². The highest BCUT2D eigenvalue weighted by Gasteiger charge is 2.08. The number of nitrogens with one attached hydrogen (secondary N) is 1. The Kier molecular flexibility index (Phi) is 14.3. The van der Waals surface area contributed by atoms with E-state index < -0.39 is 0 Å². The Morgan fingerprint density at radius 1 is 0.773 bits per heavy atom. The lowest BCUT2D eigenvalue weighted by Crippen LogP contribution is -2.38. The van der Waals surface area contributed by atoms with Gasteiger partial charge in [0.05, 0.1) is 0 Å². The van der Waals surface area contributed by atoms with Gasteiger partial charge in [0, 0.05) is 19.1 Å². The van der Waals surface area contributed by atoms with Crippen LogP contribution in [0.5, 0.6) is 0 Å². The summed E-state index contributed by atoms with van der Waals surface area (Å²) >= 11 is 0. The molecule has 0 aliphatic carbocycles. The van der Waals surface area contributed by atoms with Gasteiger partial charge >= 0.3 is 0 Å². The third kappa shape index (κ3) is 13.5. The lowest BCUT2D eigenvalue weighted by Gasteiger charge is -2.23. The normalized spacial score (nSPS) is 13.5. The predicted octanol–water partition coefficient (Wildman–Crippen LogP) is 2.36. The van der Waals surface area contributed by atoms with E-state index in [1.54, 1.807) is 0 Å². The monoisotopic (exact) mass is 314 g/mol. The van der Waals surface area contributed by atoms with Gasteiger partial charge < -0.3 is 20.0 Å². The zero-order valence-electron chi connectivity index (χ0n) is 16.2. The Hall–Kier alpha value is -0.160. The second-order valence-electron chi connectivity index (χ2n) is 6.96. The molecule has 0 aliphatic heterocycles. The number of hydrogen-bond donors (Lipinski definition) is 1. The molecule has 0 rings (SSSR count). The second-order valence-corrected chi connectivity index (χ2v) is 6.96. The number of nitrogens with zero attached hydrogens (tertiary/aromatic N) is 3. The van der Waals surface area contributed by atoms with E-state index in [0.717, 1.165) is 13.1 Å². The average Bonchev–Trinajstić information content (AvgIpc) is 2.48. The maximum Gasteiger partial charge on any atom is 0.0104 e. The Balaban J connectivity index is 3.67. The second kappa shape index (κ2) is 14.4. The fourth-order valence-corrected chi connectivity index (χ4v) is 2.59. The standard InChI is InChI=1S/C18H42N4/c1-7-9-14-21(5)16-11-18(8-2)19-12-17-22(6)15-10-13-20(3)4/h18-19H,7-17H2,1-6H3. The van der Waals surface area contributed by atoms with Gasteiger partial charge in [-0.15, -0.1) is 0 Å². The molecule has 0 saturated heterocycles. The van der Waals surface area contributed by atoms with Crippen molar-refractivity contribution >= 4 is 0 Å². The van der Waals surface area contributed by atoms with Crippen LogP contribution < -0.4 is 5.32 Å². The summed E-state index contributed by atoms with van der Waals surface area (Å²) in [4.78, 5) is 7.17. The van der Waals surface area contributed by atoms with Crippen molar-refractivity contribution in [1.29, 1.82) is 0 Å². The molecule has 0 aromatic carbocycles. The van der Waals surface area contributed by atoms with Crippen LogP contribution in [0.25, 0.3) is 0 Å². The van der Waals surface area contributed by atoms with Crippen molar-refractivity contribution in [3.05, 3.63) is 0 Å². The minimum Gasteiger partial charge on any atom is -0.313 e. The van der Waals surface area contributed by atoms with E-state index in [1.165, 1.54) is 58.3 Å². The van der Waals surface area contributed by atoms with Gasteiger partial charge in [0.25, 0.3) is 0 Å². The van der Waals surface area contributed by atoms with Crippen molar-refractivity contribution in [3.8, 4) is 0 Å². The molecule has 1 N–H and O–H groups in total. The molecule has 0 heterocycles. The van der Waals surface area contributed by atoms with Crippen LogP contribution in [0.2, 0.25) is 0 Å². The molecule has 0 spiro atoms. The van der Waals surface area contributed by atoms with Gasteiger partial charge in [-0.05, 0) is 80.1 Å². The first-order chi connectivity index (χ1) is 10.5. The van der Waals surface area contributed by atoms with Crippen LogP contribution in [0.4, 0.5) is 0 Å². The topological polar surface area (TPSA) is 21.8 Å². The van der Waals surface area contributed by atoms with Crippen molar-refractivity contribution in [3.63, 3.8) is 0 Å². The summed E-state index contributed by atoms with van der Waals surface area (Å²) in [5, 5.41) is 3.73. The van der Waals surface area contributed by atoms with E-state index in [9.17, 15) is 0 Å². The fourth-order valence-electron chi connectivity index (χ4n) is 2.59. The molecule has 1 unspecified atom stereocenters. The van der Waals surface area contributed by atoms with E-state index in [4.69, 9.17) is 0 Å². The van der Waals surface area contributed by atoms with E-state index in [0.29, 0.717) is 6.04 Å². The summed E-state index contributed by atoms with van der Waals surface area (Å²) < 4.78 is 0. The van der Waals surface area contributed by atoms with Crippen molar-refractivity contribution < 1.29 is 0 Å². The number of likely N-dealkylation sites (N-methyl/N-ethyl adjacent to an activating group) is 1. The lowest BCUT2D eigenvalue weighted by atomic mass is 10.1. The minimum atomic E-state index is 0.666. The summed E-state index contributed by atoms with van der Waals surface area (Å²) in [7, 11) is 8.77. The summed E-state index contributed by atoms with van der Waals surface area (Å²) in [6.45, 7) is 11.6. The van der Waals surface area contributed by atoms with E-state index in [2.05, 4.69) is 62.1 Å². The highest BCUT2D eigenvalue weighted by molar-refractivity contribution is 4.68. The van der Waals surface area contributed by atoms with Crippen LogP contribution in [-0.2, 0) is 0 Å². The van der Waals surface area contributed by atoms with Crippen LogP contribution in [-0.4, -0.2) is 88.2 Å². The lowest BCUT2D eigenvalue weighted by molar-refractivity contribution is 0.278. The van der Waals surface area contributed by atoms with Gasteiger partial charge in [0.15, 0.2) is 0 Å². The number of unbranched alkanes of at least 4 members (excludes halogenated alkanes) is 1. The first-order valence-electron chi connectivity index (χ1n) is 9.24. The molecule has 22 heavy (non-hydrogen) atoms. The first-order valence-corrected chi connectivity index (χ1v) is 9.24. The summed E-state index contributed by atoms with van der Waals surface area (Å²) in [6, 6.07) is 0.666. The summed E-state index contributed by atoms with van der Waals surface area (Å²) in [5.74, 6) is 0. The van der Waals surface area contributed by atoms with Gasteiger partial charge in [0.1, 0.15) is 0 Å². The molecular formula is C18H42N4. The molecule has 4 nitrogen and oxygen atoms in total.